The van der Waals surface area contributed by atoms with Crippen LogP contribution in [0.1, 0.15) is 63.8 Å². The van der Waals surface area contributed by atoms with Crippen LogP contribution in [0.5, 0.6) is 0 Å². The van der Waals surface area contributed by atoms with Crippen molar-refractivity contribution < 1.29 is 4.79 Å². The van der Waals surface area contributed by atoms with Crippen molar-refractivity contribution in [1.82, 2.24) is 19.9 Å². The maximum absolute atomic E-state index is 12.6. The van der Waals surface area contributed by atoms with E-state index in [2.05, 4.69) is 33.9 Å². The Hall–Kier alpha value is -3.48. The van der Waals surface area contributed by atoms with Gasteiger partial charge < -0.3 is 15.6 Å². The van der Waals surface area contributed by atoms with Crippen LogP contribution < -0.4 is 11.1 Å². The molecule has 0 aliphatic heterocycles. The summed E-state index contributed by atoms with van der Waals surface area (Å²) in [7, 11) is 0. The number of fused-ring (bicyclic) bond motifs is 3. The SMILES string of the molecule is CCCCc1nc2c(N)nc3ccccc3c2n1CCCCNC(=O)CCC(C)(C#N)SC(=S)c1ccccc1. The average Bonchev–Trinajstić information content (AvgIpc) is 3.34. The van der Waals surface area contributed by atoms with Crippen LogP contribution in [0.25, 0.3) is 21.9 Å². The Kier molecular flexibility index (Phi) is 10.1. The van der Waals surface area contributed by atoms with Gasteiger partial charge >= 0.3 is 0 Å². The molecule has 4 aromatic rings. The lowest BCUT2D eigenvalue weighted by Crippen LogP contribution is -2.28. The lowest BCUT2D eigenvalue weighted by atomic mass is 10.1. The van der Waals surface area contributed by atoms with E-state index in [4.69, 9.17) is 22.9 Å². The van der Waals surface area contributed by atoms with Gasteiger partial charge in [0.15, 0.2) is 5.82 Å². The van der Waals surface area contributed by atoms with E-state index in [0.29, 0.717) is 23.0 Å². The second kappa shape index (κ2) is 13.7. The topological polar surface area (TPSA) is 110 Å². The van der Waals surface area contributed by atoms with Crippen molar-refractivity contribution in [1.29, 1.82) is 5.26 Å². The van der Waals surface area contributed by atoms with Crippen molar-refractivity contribution in [2.75, 3.05) is 12.3 Å². The molecule has 0 aliphatic rings. The molecule has 9 heteroatoms. The standard InChI is InChI=1S/C31H36N6OS2/c1-3-4-16-25-36-27-28(23-14-8-9-15-24(23)35-29(27)33)37(25)20-11-10-19-34-26(38)17-18-31(2,21-32)40-30(39)22-12-6-5-7-13-22/h5-9,12-15H,3-4,10-11,16-20H2,1-2H3,(H2,33,35)(H,34,38). The number of thioether (sulfide) groups is 1. The van der Waals surface area contributed by atoms with E-state index in [0.717, 1.165) is 72.0 Å². The van der Waals surface area contributed by atoms with Crippen molar-refractivity contribution in [3.05, 3.63) is 66.0 Å². The number of carbonyl (C=O) groups is 1. The predicted molar refractivity (Wildman–Crippen MR) is 169 cm³/mol. The van der Waals surface area contributed by atoms with Gasteiger partial charge in [-0.25, -0.2) is 9.97 Å². The highest BCUT2D eigenvalue weighted by Gasteiger charge is 2.28. The van der Waals surface area contributed by atoms with Gasteiger partial charge in [0, 0.05) is 31.3 Å². The molecule has 0 spiro atoms. The minimum absolute atomic E-state index is 0.0470. The predicted octanol–water partition coefficient (Wildman–Crippen LogP) is 6.58. The number of nitrogens with zero attached hydrogens (tertiary/aromatic N) is 4. The number of aryl methyl sites for hydroxylation is 2. The largest absolute Gasteiger partial charge is 0.382 e. The zero-order valence-corrected chi connectivity index (χ0v) is 24.8. The summed E-state index contributed by atoms with van der Waals surface area (Å²) in [6.07, 6.45) is 5.46. The summed E-state index contributed by atoms with van der Waals surface area (Å²) in [6.45, 7) is 5.39. The number of thiocarbonyl (C=S) groups is 1. The molecule has 0 saturated heterocycles. The second-order valence-corrected chi connectivity index (χ2v) is 12.3. The van der Waals surface area contributed by atoms with Gasteiger partial charge in [-0.1, -0.05) is 85.9 Å². The summed E-state index contributed by atoms with van der Waals surface area (Å²) in [5.41, 5.74) is 9.90. The van der Waals surface area contributed by atoms with E-state index < -0.39 is 4.75 Å². The van der Waals surface area contributed by atoms with Gasteiger partial charge in [0.05, 0.1) is 21.3 Å². The number of nitriles is 1. The zero-order chi connectivity index (χ0) is 28.5. The third kappa shape index (κ3) is 7.18. The van der Waals surface area contributed by atoms with Crippen molar-refractivity contribution in [3.8, 4) is 6.07 Å². The number of rotatable bonds is 13. The van der Waals surface area contributed by atoms with E-state index in [-0.39, 0.29) is 12.3 Å². The van der Waals surface area contributed by atoms with Gasteiger partial charge in [-0.15, -0.1) is 0 Å². The number of hydrogen-bond acceptors (Lipinski definition) is 7. The van der Waals surface area contributed by atoms with Crippen molar-refractivity contribution in [2.45, 2.75) is 70.1 Å². The number of para-hydroxylation sites is 1. The van der Waals surface area contributed by atoms with Gasteiger partial charge in [0.1, 0.15) is 16.1 Å². The lowest BCUT2D eigenvalue weighted by molar-refractivity contribution is -0.121. The molecule has 3 N–H and O–H groups in total. The maximum Gasteiger partial charge on any atom is 0.220 e. The molecule has 2 aromatic carbocycles. The Morgan fingerprint density at radius 2 is 1.88 bits per heavy atom. The second-order valence-electron chi connectivity index (χ2n) is 10.1. The molecule has 1 unspecified atom stereocenters. The van der Waals surface area contributed by atoms with Crippen molar-refractivity contribution in [2.24, 2.45) is 0 Å². The Balaban J connectivity index is 1.32. The fourth-order valence-electron chi connectivity index (χ4n) is 4.70. The van der Waals surface area contributed by atoms with Crippen molar-refractivity contribution in [3.63, 3.8) is 0 Å². The fraction of sp³-hybridized carbons (Fsp3) is 0.387. The number of carbonyl (C=O) groups excluding carboxylic acids is 1. The number of hydrogen-bond donors (Lipinski definition) is 2. The summed E-state index contributed by atoms with van der Waals surface area (Å²) >= 11 is 6.89. The Morgan fingerprint density at radius 1 is 1.12 bits per heavy atom. The minimum Gasteiger partial charge on any atom is -0.382 e. The van der Waals surface area contributed by atoms with Crippen LogP contribution in [0.15, 0.2) is 54.6 Å². The molecule has 0 saturated carbocycles. The Morgan fingerprint density at radius 3 is 2.62 bits per heavy atom. The van der Waals surface area contributed by atoms with Crippen molar-refractivity contribution >= 4 is 61.8 Å². The van der Waals surface area contributed by atoms with Gasteiger partial charge in [-0.05, 0) is 44.2 Å². The summed E-state index contributed by atoms with van der Waals surface area (Å²) < 4.78 is 2.19. The molecule has 0 fully saturated rings. The number of nitrogens with two attached hydrogens (primary N) is 1. The monoisotopic (exact) mass is 572 g/mol. The van der Waals surface area contributed by atoms with Crippen LogP contribution in [0, 0.1) is 11.3 Å². The third-order valence-electron chi connectivity index (χ3n) is 6.97. The lowest BCUT2D eigenvalue weighted by Gasteiger charge is -2.21. The first-order valence-electron chi connectivity index (χ1n) is 13.8. The molecule has 40 heavy (non-hydrogen) atoms. The highest BCUT2D eigenvalue weighted by molar-refractivity contribution is 8.24. The summed E-state index contributed by atoms with van der Waals surface area (Å²) in [4.78, 5) is 22.0. The molecule has 2 heterocycles. The van der Waals surface area contributed by atoms with E-state index in [1.54, 1.807) is 0 Å². The normalized spacial score (nSPS) is 12.7. The highest BCUT2D eigenvalue weighted by atomic mass is 32.2. The maximum atomic E-state index is 12.6. The van der Waals surface area contributed by atoms with E-state index >= 15 is 0 Å². The zero-order valence-electron chi connectivity index (χ0n) is 23.2. The Bertz CT molecular complexity index is 1530. The first kappa shape index (κ1) is 29.5. The summed E-state index contributed by atoms with van der Waals surface area (Å²) in [5.74, 6) is 1.45. The van der Waals surface area contributed by atoms with E-state index in [9.17, 15) is 10.1 Å². The summed E-state index contributed by atoms with van der Waals surface area (Å²) in [6, 6.07) is 20.1. The highest BCUT2D eigenvalue weighted by Crippen LogP contribution is 2.33. The smallest absolute Gasteiger partial charge is 0.220 e. The fourth-order valence-corrected chi connectivity index (χ4v) is 6.30. The third-order valence-corrected chi connectivity index (χ3v) is 8.62. The molecule has 1 amide bonds. The van der Waals surface area contributed by atoms with Crippen LogP contribution in [0.2, 0.25) is 0 Å². The molecule has 208 valence electrons. The number of benzene rings is 2. The van der Waals surface area contributed by atoms with Crippen LogP contribution in [0.4, 0.5) is 5.82 Å². The summed E-state index contributed by atoms with van der Waals surface area (Å²) in [5, 5.41) is 13.9. The quantitative estimate of drug-likeness (QED) is 0.138. The number of anilines is 1. The van der Waals surface area contributed by atoms with Gasteiger partial charge in [-0.2, -0.15) is 5.26 Å². The average molecular weight is 573 g/mol. The van der Waals surface area contributed by atoms with Gasteiger partial charge in [0.25, 0.3) is 0 Å². The molecule has 0 bridgehead atoms. The number of pyridine rings is 1. The first-order chi connectivity index (χ1) is 19.3. The van der Waals surface area contributed by atoms with Gasteiger partial charge in [0.2, 0.25) is 5.91 Å². The minimum atomic E-state index is -0.763. The number of amides is 1. The molecule has 4 rings (SSSR count). The number of nitrogens with one attached hydrogen (secondary N) is 1. The first-order valence-corrected chi connectivity index (χ1v) is 15.1. The molecule has 2 aromatic heterocycles. The van der Waals surface area contributed by atoms with Crippen LogP contribution in [-0.4, -0.2) is 35.9 Å². The molecule has 0 aliphatic carbocycles. The van der Waals surface area contributed by atoms with E-state index in [1.807, 2.05) is 55.5 Å². The van der Waals surface area contributed by atoms with Crippen LogP contribution >= 0.6 is 24.0 Å². The Labute approximate surface area is 245 Å². The number of nitrogen functional groups attached to an aromatic ring is 1. The van der Waals surface area contributed by atoms with Crippen LogP contribution in [-0.2, 0) is 17.8 Å². The molecular formula is C31H36N6OS2. The van der Waals surface area contributed by atoms with E-state index in [1.165, 1.54) is 11.8 Å². The number of unbranched alkanes of at least 4 members (excludes halogenated alkanes) is 2. The molecular weight excluding hydrogens is 537 g/mol. The number of aromatic nitrogens is 3. The number of imidazole rings is 1. The van der Waals surface area contributed by atoms with Gasteiger partial charge in [-0.3, -0.25) is 4.79 Å². The molecule has 0 radical (unpaired) electrons. The van der Waals surface area contributed by atoms with Crippen LogP contribution in [0.3, 0.4) is 0 Å². The molecule has 1 atom stereocenters. The molecule has 7 nitrogen and oxygen atoms in total.